The van der Waals surface area contributed by atoms with Crippen LogP contribution in [0, 0.1) is 5.82 Å². The lowest BCUT2D eigenvalue weighted by molar-refractivity contribution is 0.0560. The molecule has 0 aliphatic carbocycles. The molecule has 3 heterocycles. The number of nitrogens with zero attached hydrogens (tertiary/aromatic N) is 3. The maximum Gasteiger partial charge on any atom is 0.272 e. The third kappa shape index (κ3) is 3.28. The van der Waals surface area contributed by atoms with Crippen molar-refractivity contribution in [2.45, 2.75) is 69.9 Å². The predicted octanol–water partition coefficient (Wildman–Crippen LogP) is 4.41. The monoisotopic (exact) mass is 369 g/mol. The highest BCUT2D eigenvalue weighted by Crippen LogP contribution is 2.43. The topological polar surface area (TPSA) is 38.1 Å². The number of carbonyl (C=O) groups is 1. The molecule has 2 atom stereocenters. The van der Waals surface area contributed by atoms with Gasteiger partial charge < -0.3 is 4.90 Å². The number of hydrogen-bond donors (Lipinski definition) is 0. The van der Waals surface area contributed by atoms with E-state index < -0.39 is 0 Å². The van der Waals surface area contributed by atoms with Crippen LogP contribution in [0.15, 0.2) is 30.3 Å². The van der Waals surface area contributed by atoms with Crippen LogP contribution in [-0.2, 0) is 12.5 Å². The van der Waals surface area contributed by atoms with E-state index in [-0.39, 0.29) is 29.2 Å². The van der Waals surface area contributed by atoms with Crippen molar-refractivity contribution in [3.05, 3.63) is 53.1 Å². The Labute approximate surface area is 160 Å². The van der Waals surface area contributed by atoms with Crippen LogP contribution < -0.4 is 0 Å². The number of carbonyl (C=O) groups excluding carboxylic acids is 1. The molecule has 0 saturated carbocycles. The average molecular weight is 369 g/mol. The van der Waals surface area contributed by atoms with E-state index in [4.69, 9.17) is 0 Å². The summed E-state index contributed by atoms with van der Waals surface area (Å²) in [5, 5.41) is 4.57. The molecule has 5 heteroatoms. The van der Waals surface area contributed by atoms with Crippen molar-refractivity contribution in [3.63, 3.8) is 0 Å². The number of rotatable bonds is 2. The molecule has 0 unspecified atom stereocenters. The van der Waals surface area contributed by atoms with Gasteiger partial charge in [-0.25, -0.2) is 4.39 Å². The molecule has 0 N–H and O–H groups in total. The molecule has 2 fully saturated rings. The molecule has 1 aromatic heterocycles. The van der Waals surface area contributed by atoms with Crippen molar-refractivity contribution in [2.75, 3.05) is 0 Å². The standard InChI is InChI=1S/C22H28FN3O/c1-22(2,3)20-13-19(25(4)24-20)21(27)26-17-9-10-18(26)12-15(11-17)14-5-7-16(23)8-6-14/h5-8,13,15,17-18H,9-12H2,1-4H3/t17-,18-/m0/s1. The Hall–Kier alpha value is -2.17. The number of hydrogen-bond acceptors (Lipinski definition) is 2. The molecule has 144 valence electrons. The molecule has 0 spiro atoms. The van der Waals surface area contributed by atoms with Crippen molar-refractivity contribution in [2.24, 2.45) is 7.05 Å². The number of piperidine rings is 1. The van der Waals surface area contributed by atoms with Crippen molar-refractivity contribution in [3.8, 4) is 0 Å². The highest BCUT2D eigenvalue weighted by Gasteiger charge is 2.44. The first-order valence-corrected chi connectivity index (χ1v) is 9.86. The molecular formula is C22H28FN3O. The second-order valence-corrected chi connectivity index (χ2v) is 9.11. The van der Waals surface area contributed by atoms with Gasteiger partial charge in [-0.2, -0.15) is 5.10 Å². The van der Waals surface area contributed by atoms with E-state index in [1.165, 1.54) is 5.56 Å². The minimum absolute atomic E-state index is 0.0785. The largest absolute Gasteiger partial charge is 0.331 e. The maximum atomic E-state index is 13.3. The molecule has 2 saturated heterocycles. The second kappa shape index (κ2) is 6.47. The van der Waals surface area contributed by atoms with E-state index in [0.717, 1.165) is 31.4 Å². The fraction of sp³-hybridized carbons (Fsp3) is 0.545. The van der Waals surface area contributed by atoms with Crippen LogP contribution >= 0.6 is 0 Å². The molecule has 2 aliphatic heterocycles. The molecule has 2 bridgehead atoms. The third-order valence-electron chi connectivity index (χ3n) is 6.18. The van der Waals surface area contributed by atoms with Gasteiger partial charge in [0.15, 0.2) is 0 Å². The molecule has 2 aliphatic rings. The lowest BCUT2D eigenvalue weighted by atomic mass is 9.85. The summed E-state index contributed by atoms with van der Waals surface area (Å²) in [4.78, 5) is 15.4. The van der Waals surface area contributed by atoms with Crippen LogP contribution in [0.5, 0.6) is 0 Å². The molecule has 4 nitrogen and oxygen atoms in total. The average Bonchev–Trinajstić information content (AvgIpc) is 3.12. The SMILES string of the molecule is Cn1nc(C(C)(C)C)cc1C(=O)N1[C@H]2CC[C@H]1CC(c1ccc(F)cc1)C2. The Bertz CT molecular complexity index is 835. The molecule has 27 heavy (non-hydrogen) atoms. The fourth-order valence-corrected chi connectivity index (χ4v) is 4.68. The van der Waals surface area contributed by atoms with E-state index in [1.807, 2.05) is 25.2 Å². The summed E-state index contributed by atoms with van der Waals surface area (Å²) in [6.45, 7) is 6.34. The van der Waals surface area contributed by atoms with Gasteiger partial charge in [-0.15, -0.1) is 0 Å². The maximum absolute atomic E-state index is 13.3. The highest BCUT2D eigenvalue weighted by molar-refractivity contribution is 5.93. The predicted molar refractivity (Wildman–Crippen MR) is 103 cm³/mol. The van der Waals surface area contributed by atoms with Crippen molar-refractivity contribution in [1.82, 2.24) is 14.7 Å². The first-order chi connectivity index (χ1) is 12.7. The van der Waals surface area contributed by atoms with Crippen LogP contribution in [0.4, 0.5) is 4.39 Å². The summed E-state index contributed by atoms with van der Waals surface area (Å²) in [7, 11) is 1.86. The zero-order chi connectivity index (χ0) is 19.3. The van der Waals surface area contributed by atoms with E-state index in [9.17, 15) is 9.18 Å². The molecule has 0 radical (unpaired) electrons. The summed E-state index contributed by atoms with van der Waals surface area (Å²) in [6.07, 6.45) is 4.02. The lowest BCUT2D eigenvalue weighted by Gasteiger charge is -2.39. The van der Waals surface area contributed by atoms with E-state index >= 15 is 0 Å². The Balaban J connectivity index is 1.55. The van der Waals surface area contributed by atoms with Gasteiger partial charge in [-0.1, -0.05) is 32.9 Å². The highest BCUT2D eigenvalue weighted by atomic mass is 19.1. The van der Waals surface area contributed by atoms with Crippen LogP contribution in [0.1, 0.15) is 74.1 Å². The zero-order valence-corrected chi connectivity index (χ0v) is 16.6. The van der Waals surface area contributed by atoms with Crippen LogP contribution in [0.3, 0.4) is 0 Å². The Morgan fingerprint density at radius 2 is 1.70 bits per heavy atom. The summed E-state index contributed by atoms with van der Waals surface area (Å²) in [5.74, 6) is 0.314. The first kappa shape index (κ1) is 18.2. The number of fused-ring (bicyclic) bond motifs is 2. The minimum Gasteiger partial charge on any atom is -0.331 e. The van der Waals surface area contributed by atoms with Gasteiger partial charge in [0.05, 0.1) is 5.69 Å². The van der Waals surface area contributed by atoms with Crippen LogP contribution in [-0.4, -0.2) is 32.7 Å². The van der Waals surface area contributed by atoms with Gasteiger partial charge in [0.1, 0.15) is 11.5 Å². The number of aromatic nitrogens is 2. The van der Waals surface area contributed by atoms with Gasteiger partial charge in [-0.05, 0) is 55.4 Å². The second-order valence-electron chi connectivity index (χ2n) is 9.11. The fourth-order valence-electron chi connectivity index (χ4n) is 4.68. The number of halogens is 1. The van der Waals surface area contributed by atoms with Crippen molar-refractivity contribution >= 4 is 5.91 Å². The number of aryl methyl sites for hydroxylation is 1. The van der Waals surface area contributed by atoms with Gasteiger partial charge in [0.25, 0.3) is 5.91 Å². The van der Waals surface area contributed by atoms with Crippen molar-refractivity contribution in [1.29, 1.82) is 0 Å². The Morgan fingerprint density at radius 1 is 1.11 bits per heavy atom. The summed E-state index contributed by atoms with van der Waals surface area (Å²) >= 11 is 0. The number of benzene rings is 1. The van der Waals surface area contributed by atoms with Gasteiger partial charge in [-0.3, -0.25) is 9.48 Å². The summed E-state index contributed by atoms with van der Waals surface area (Å²) < 4.78 is 15.0. The van der Waals surface area contributed by atoms with Crippen molar-refractivity contribution < 1.29 is 9.18 Å². The summed E-state index contributed by atoms with van der Waals surface area (Å²) in [6, 6.07) is 9.35. The minimum atomic E-state index is -0.194. The number of amides is 1. The first-order valence-electron chi connectivity index (χ1n) is 9.86. The van der Waals surface area contributed by atoms with E-state index in [1.54, 1.807) is 16.8 Å². The molecule has 2 aromatic rings. The molecule has 1 aromatic carbocycles. The normalized spacial score (nSPS) is 25.1. The van der Waals surface area contributed by atoms with Crippen LogP contribution in [0.2, 0.25) is 0 Å². The lowest BCUT2D eigenvalue weighted by Crippen LogP contribution is -2.46. The van der Waals surface area contributed by atoms with Gasteiger partial charge >= 0.3 is 0 Å². The zero-order valence-electron chi connectivity index (χ0n) is 16.6. The third-order valence-corrected chi connectivity index (χ3v) is 6.18. The van der Waals surface area contributed by atoms with E-state index in [0.29, 0.717) is 11.6 Å². The Morgan fingerprint density at radius 3 is 2.22 bits per heavy atom. The van der Waals surface area contributed by atoms with E-state index in [2.05, 4.69) is 30.8 Å². The van der Waals surface area contributed by atoms with Crippen LogP contribution in [0.25, 0.3) is 0 Å². The molecular weight excluding hydrogens is 341 g/mol. The quantitative estimate of drug-likeness (QED) is 0.786. The van der Waals surface area contributed by atoms with Gasteiger partial charge in [0, 0.05) is 24.5 Å². The summed E-state index contributed by atoms with van der Waals surface area (Å²) in [5.41, 5.74) is 2.74. The molecule has 4 rings (SSSR count). The van der Waals surface area contributed by atoms with Gasteiger partial charge in [0.2, 0.25) is 0 Å². The molecule has 1 amide bonds. The smallest absolute Gasteiger partial charge is 0.272 e. The Kier molecular flexibility index (Phi) is 4.36.